The van der Waals surface area contributed by atoms with Crippen LogP contribution in [0.5, 0.6) is 0 Å². The van der Waals surface area contributed by atoms with Crippen LogP contribution in [0.4, 0.5) is 5.82 Å². The van der Waals surface area contributed by atoms with Gasteiger partial charge in [-0.05, 0) is 56.0 Å². The van der Waals surface area contributed by atoms with E-state index in [1.807, 2.05) is 48.0 Å². The SMILES string of the molecule is CCOC(=O)c1ccc(CSc2nc(N3CCCCC3)c3cccn3n2)cc1. The molecular formula is C21H24N4O2S. The summed E-state index contributed by atoms with van der Waals surface area (Å²) in [6.45, 7) is 4.30. The largest absolute Gasteiger partial charge is 0.462 e. The Labute approximate surface area is 168 Å². The molecule has 0 atom stereocenters. The summed E-state index contributed by atoms with van der Waals surface area (Å²) in [5.74, 6) is 1.49. The van der Waals surface area contributed by atoms with E-state index < -0.39 is 0 Å². The first-order chi connectivity index (χ1) is 13.7. The molecule has 1 aliphatic rings. The third kappa shape index (κ3) is 4.14. The molecule has 0 aliphatic carbocycles. The van der Waals surface area contributed by atoms with Crippen molar-refractivity contribution in [3.05, 3.63) is 53.7 Å². The highest BCUT2D eigenvalue weighted by atomic mass is 32.2. The van der Waals surface area contributed by atoms with Crippen LogP contribution < -0.4 is 4.90 Å². The predicted octanol–water partition coefficient (Wildman–Crippen LogP) is 4.19. The van der Waals surface area contributed by atoms with Crippen molar-refractivity contribution in [2.75, 3.05) is 24.6 Å². The van der Waals surface area contributed by atoms with Gasteiger partial charge in [0.25, 0.3) is 0 Å². The Morgan fingerprint density at radius 2 is 1.93 bits per heavy atom. The van der Waals surface area contributed by atoms with Crippen LogP contribution in [-0.4, -0.2) is 40.3 Å². The molecule has 1 saturated heterocycles. The highest BCUT2D eigenvalue weighted by Crippen LogP contribution is 2.27. The van der Waals surface area contributed by atoms with Crippen molar-refractivity contribution in [3.8, 4) is 0 Å². The van der Waals surface area contributed by atoms with Crippen LogP contribution in [0.15, 0.2) is 47.8 Å². The van der Waals surface area contributed by atoms with Crippen molar-refractivity contribution in [2.45, 2.75) is 37.1 Å². The van der Waals surface area contributed by atoms with Crippen LogP contribution in [-0.2, 0) is 10.5 Å². The fourth-order valence-corrected chi connectivity index (χ4v) is 4.18. The second-order valence-corrected chi connectivity index (χ2v) is 7.75. The molecule has 0 amide bonds. The van der Waals surface area contributed by atoms with Crippen molar-refractivity contribution >= 4 is 29.1 Å². The van der Waals surface area contributed by atoms with Gasteiger partial charge < -0.3 is 9.64 Å². The molecule has 7 heteroatoms. The fourth-order valence-electron chi connectivity index (χ4n) is 3.40. The molecule has 3 aromatic rings. The molecule has 3 heterocycles. The van der Waals surface area contributed by atoms with Gasteiger partial charge in [0.05, 0.1) is 12.2 Å². The smallest absolute Gasteiger partial charge is 0.338 e. The summed E-state index contributed by atoms with van der Waals surface area (Å²) in [5.41, 5.74) is 2.76. The van der Waals surface area contributed by atoms with Gasteiger partial charge in [0.15, 0.2) is 5.82 Å². The maximum atomic E-state index is 11.8. The molecule has 146 valence electrons. The number of thioether (sulfide) groups is 1. The van der Waals surface area contributed by atoms with Crippen LogP contribution in [0, 0.1) is 0 Å². The number of hydrogen-bond donors (Lipinski definition) is 0. The Morgan fingerprint density at radius 3 is 2.68 bits per heavy atom. The molecule has 0 spiro atoms. The molecule has 0 N–H and O–H groups in total. The minimum atomic E-state index is -0.283. The van der Waals surface area contributed by atoms with E-state index in [4.69, 9.17) is 9.72 Å². The summed E-state index contributed by atoms with van der Waals surface area (Å²) in [6, 6.07) is 11.6. The number of carbonyl (C=O) groups excluding carboxylic acids is 1. The second-order valence-electron chi connectivity index (χ2n) is 6.81. The van der Waals surface area contributed by atoms with Gasteiger partial charge in [-0.25, -0.2) is 14.3 Å². The Balaban J connectivity index is 1.49. The highest BCUT2D eigenvalue weighted by molar-refractivity contribution is 7.98. The van der Waals surface area contributed by atoms with Crippen LogP contribution in [0.2, 0.25) is 0 Å². The topological polar surface area (TPSA) is 59.7 Å². The van der Waals surface area contributed by atoms with E-state index in [1.165, 1.54) is 19.3 Å². The van der Waals surface area contributed by atoms with Gasteiger partial charge >= 0.3 is 5.97 Å². The molecule has 0 radical (unpaired) electrons. The van der Waals surface area contributed by atoms with E-state index in [9.17, 15) is 4.79 Å². The van der Waals surface area contributed by atoms with Crippen molar-refractivity contribution in [1.29, 1.82) is 0 Å². The lowest BCUT2D eigenvalue weighted by Gasteiger charge is -2.28. The van der Waals surface area contributed by atoms with E-state index in [0.29, 0.717) is 12.2 Å². The zero-order chi connectivity index (χ0) is 19.3. The average molecular weight is 397 g/mol. The summed E-state index contributed by atoms with van der Waals surface area (Å²) in [6.07, 6.45) is 5.70. The first-order valence-corrected chi connectivity index (χ1v) is 10.7. The number of benzene rings is 1. The number of aromatic nitrogens is 3. The Bertz CT molecular complexity index is 949. The summed E-state index contributed by atoms with van der Waals surface area (Å²) in [7, 11) is 0. The van der Waals surface area contributed by atoms with Crippen molar-refractivity contribution in [3.63, 3.8) is 0 Å². The molecule has 1 aromatic carbocycles. The lowest BCUT2D eigenvalue weighted by atomic mass is 10.1. The van der Waals surface area contributed by atoms with Crippen LogP contribution in [0.25, 0.3) is 5.52 Å². The third-order valence-electron chi connectivity index (χ3n) is 4.84. The summed E-state index contributed by atoms with van der Waals surface area (Å²) in [4.78, 5) is 19.0. The van der Waals surface area contributed by atoms with Gasteiger partial charge in [-0.15, -0.1) is 5.10 Å². The predicted molar refractivity (Wildman–Crippen MR) is 111 cm³/mol. The van der Waals surface area contributed by atoms with E-state index >= 15 is 0 Å². The standard InChI is InChI=1S/C21H24N4O2S/c1-2-27-20(26)17-10-8-16(9-11-17)15-28-21-22-19(24-12-4-3-5-13-24)18-7-6-14-25(18)23-21/h6-11,14H,2-5,12-13,15H2,1H3. The number of nitrogens with zero attached hydrogens (tertiary/aromatic N) is 4. The number of fused-ring (bicyclic) bond motifs is 1. The van der Waals surface area contributed by atoms with E-state index in [1.54, 1.807) is 11.8 Å². The molecule has 28 heavy (non-hydrogen) atoms. The van der Waals surface area contributed by atoms with Gasteiger partial charge in [0, 0.05) is 25.0 Å². The molecule has 0 saturated carbocycles. The third-order valence-corrected chi connectivity index (χ3v) is 5.75. The minimum Gasteiger partial charge on any atom is -0.462 e. The first kappa shape index (κ1) is 18.8. The number of anilines is 1. The second kappa shape index (κ2) is 8.65. The average Bonchev–Trinajstić information content (AvgIpc) is 3.21. The van der Waals surface area contributed by atoms with Crippen molar-refractivity contribution in [1.82, 2.24) is 14.6 Å². The van der Waals surface area contributed by atoms with Gasteiger partial charge in [0.2, 0.25) is 5.16 Å². The maximum Gasteiger partial charge on any atom is 0.338 e. The monoisotopic (exact) mass is 396 g/mol. The highest BCUT2D eigenvalue weighted by Gasteiger charge is 2.17. The summed E-state index contributed by atoms with van der Waals surface area (Å²) < 4.78 is 6.95. The van der Waals surface area contributed by atoms with Gasteiger partial charge in [0.1, 0.15) is 5.52 Å². The molecule has 4 rings (SSSR count). The number of rotatable bonds is 6. The fraction of sp³-hybridized carbons (Fsp3) is 0.381. The zero-order valence-electron chi connectivity index (χ0n) is 16.0. The maximum absolute atomic E-state index is 11.8. The van der Waals surface area contributed by atoms with Crippen LogP contribution in [0.3, 0.4) is 0 Å². The zero-order valence-corrected chi connectivity index (χ0v) is 16.8. The van der Waals surface area contributed by atoms with Gasteiger partial charge in [-0.2, -0.15) is 0 Å². The number of ether oxygens (including phenoxy) is 1. The normalized spacial score (nSPS) is 14.4. The Kier molecular flexibility index (Phi) is 5.81. The molecule has 1 aliphatic heterocycles. The molecule has 1 fully saturated rings. The molecule has 0 bridgehead atoms. The van der Waals surface area contributed by atoms with Crippen molar-refractivity contribution in [2.24, 2.45) is 0 Å². The molecule has 6 nitrogen and oxygen atoms in total. The Morgan fingerprint density at radius 1 is 1.14 bits per heavy atom. The molecular weight excluding hydrogens is 372 g/mol. The number of hydrogen-bond acceptors (Lipinski definition) is 6. The van der Waals surface area contributed by atoms with E-state index in [2.05, 4.69) is 16.1 Å². The van der Waals surface area contributed by atoms with Crippen LogP contribution in [0.1, 0.15) is 42.1 Å². The Hall–Kier alpha value is -2.54. The number of piperidine rings is 1. The van der Waals surface area contributed by atoms with E-state index in [0.717, 1.165) is 40.9 Å². The lowest BCUT2D eigenvalue weighted by molar-refractivity contribution is 0.0526. The van der Waals surface area contributed by atoms with Crippen LogP contribution >= 0.6 is 11.8 Å². The first-order valence-electron chi connectivity index (χ1n) is 9.74. The number of esters is 1. The van der Waals surface area contributed by atoms with Gasteiger partial charge in [-0.1, -0.05) is 23.9 Å². The molecule has 0 unspecified atom stereocenters. The number of carbonyl (C=O) groups is 1. The quantitative estimate of drug-likeness (QED) is 0.460. The lowest BCUT2D eigenvalue weighted by Crippen LogP contribution is -2.30. The summed E-state index contributed by atoms with van der Waals surface area (Å²) >= 11 is 1.61. The van der Waals surface area contributed by atoms with Gasteiger partial charge in [-0.3, -0.25) is 0 Å². The molecule has 2 aromatic heterocycles. The van der Waals surface area contributed by atoms with E-state index in [-0.39, 0.29) is 5.97 Å². The minimum absolute atomic E-state index is 0.283. The van der Waals surface area contributed by atoms with Crippen molar-refractivity contribution < 1.29 is 9.53 Å². The summed E-state index contributed by atoms with van der Waals surface area (Å²) in [5, 5.41) is 5.41.